The van der Waals surface area contributed by atoms with Crippen LogP contribution in [0, 0.1) is 32.4 Å². The van der Waals surface area contributed by atoms with Crippen LogP contribution in [0.15, 0.2) is 60.7 Å². The number of aromatic nitrogens is 10. The molecule has 2 aromatic carbocycles. The van der Waals surface area contributed by atoms with Gasteiger partial charge < -0.3 is 39.9 Å². The minimum atomic E-state index is -4.52. The summed E-state index contributed by atoms with van der Waals surface area (Å²) in [4.78, 5) is 29.7. The first-order valence-electron chi connectivity index (χ1n) is 21.9. The van der Waals surface area contributed by atoms with E-state index in [4.69, 9.17) is 14.6 Å². The van der Waals surface area contributed by atoms with Crippen LogP contribution in [0.1, 0.15) is 54.1 Å². The summed E-state index contributed by atoms with van der Waals surface area (Å²) in [7, 11) is 0. The average Bonchev–Trinajstić information content (AvgIpc) is 3.48. The molecular weight excluding hydrogens is 878 g/mol. The zero-order chi connectivity index (χ0) is 46.1. The summed E-state index contributed by atoms with van der Waals surface area (Å²) in [5.41, 5.74) is 4.33. The second-order valence-electron chi connectivity index (χ2n) is 17.3. The van der Waals surface area contributed by atoms with Crippen LogP contribution in [0.3, 0.4) is 0 Å². The van der Waals surface area contributed by atoms with Crippen molar-refractivity contribution in [1.82, 2.24) is 54.8 Å². The first-order valence-corrected chi connectivity index (χ1v) is 21.9. The Hall–Kier alpha value is -7.49. The largest absolute Gasteiger partial charge is 0.421 e. The Morgan fingerprint density at radius 1 is 0.687 bits per heavy atom. The molecule has 8 heterocycles. The van der Waals surface area contributed by atoms with Crippen molar-refractivity contribution in [3.63, 3.8) is 0 Å². The first-order chi connectivity index (χ1) is 32.2. The minimum Gasteiger partial charge on any atom is -0.421 e. The van der Waals surface area contributed by atoms with Crippen molar-refractivity contribution in [2.75, 3.05) is 59.7 Å². The molecule has 17 nitrogen and oxygen atoms in total. The number of H-pyrrole nitrogens is 3. The number of rotatable bonds is 13. The fourth-order valence-electron chi connectivity index (χ4n) is 8.62. The zero-order valence-corrected chi connectivity index (χ0v) is 36.5. The number of alkyl halides is 3. The van der Waals surface area contributed by atoms with Crippen LogP contribution >= 0.6 is 0 Å². The average molecular weight is 922 g/mol. The third kappa shape index (κ3) is 8.70. The molecule has 0 bridgehead atoms. The van der Waals surface area contributed by atoms with Gasteiger partial charge in [0, 0.05) is 101 Å². The number of benzene rings is 2. The molecule has 0 spiro atoms. The first kappa shape index (κ1) is 42.2. The van der Waals surface area contributed by atoms with E-state index in [2.05, 4.69) is 50.7 Å². The van der Waals surface area contributed by atoms with Crippen LogP contribution in [0.25, 0.3) is 21.8 Å². The van der Waals surface area contributed by atoms with E-state index >= 15 is 8.78 Å². The van der Waals surface area contributed by atoms with Crippen molar-refractivity contribution in [1.29, 1.82) is 0 Å². The maximum atomic E-state index is 15.8. The molecule has 3 aliphatic rings. The van der Waals surface area contributed by atoms with Crippen LogP contribution in [0.4, 0.5) is 56.9 Å². The summed E-state index contributed by atoms with van der Waals surface area (Å²) in [5, 5.41) is 19.3. The third-order valence-corrected chi connectivity index (χ3v) is 12.1. The Morgan fingerprint density at radius 2 is 1.28 bits per heavy atom. The maximum Gasteiger partial charge on any atom is 0.401 e. The van der Waals surface area contributed by atoms with Gasteiger partial charge in [-0.2, -0.15) is 43.3 Å². The molecule has 1 atom stereocenters. The molecule has 5 N–H and O–H groups in total. The Bertz CT molecular complexity index is 3150. The number of aryl methyl sites for hydroxylation is 3. The standard InChI is InChI=1S/C45H44F5N15O2/c1-23-15-27-29(51-23)7-9-32(41(27)46)66-43-56-35(19-38(57-43)62-11-4-12-62)54-37-17-25(3)65(61-37)40-21-63(13-14-64(40)22-45(48,49)50)39-20-34(53-36-18-31(59-60-36)26-5-6-26)55-44(58-39)67-33-10-8-30-28(42(33)47)16-24(2)52-30/h7-10,15-20,26,40,51-52H,4-6,11-14,21-22H2,1-3H3,(H,54,56,57,61)(H2,53,55,58,59,60). The van der Waals surface area contributed by atoms with Crippen LogP contribution in [-0.2, 0) is 0 Å². The van der Waals surface area contributed by atoms with E-state index in [9.17, 15) is 13.2 Å². The lowest BCUT2D eigenvalue weighted by atomic mass is 10.2. The fourth-order valence-corrected chi connectivity index (χ4v) is 8.62. The van der Waals surface area contributed by atoms with Crippen LogP contribution in [-0.4, -0.2) is 100 Å². The van der Waals surface area contributed by atoms with Gasteiger partial charge in [-0.15, -0.1) is 0 Å². The lowest BCUT2D eigenvalue weighted by Crippen LogP contribution is -2.53. The third-order valence-electron chi connectivity index (χ3n) is 12.1. The highest BCUT2D eigenvalue weighted by molar-refractivity contribution is 5.83. The second-order valence-corrected chi connectivity index (χ2v) is 17.3. The molecule has 6 aromatic heterocycles. The van der Waals surface area contributed by atoms with Gasteiger partial charge in [-0.3, -0.25) is 10.00 Å². The summed E-state index contributed by atoms with van der Waals surface area (Å²) in [6, 6.07) is 16.4. The number of nitrogens with zero attached hydrogens (tertiary/aromatic N) is 10. The Morgan fingerprint density at radius 3 is 1.85 bits per heavy atom. The monoisotopic (exact) mass is 921 g/mol. The lowest BCUT2D eigenvalue weighted by molar-refractivity contribution is -0.156. The Kier molecular flexibility index (Phi) is 10.3. The SMILES string of the molecule is Cc1cc2c(F)c(Oc3nc(Nc4cc(C5CC5)[nH]n4)cc(N4CCN(CC(F)(F)F)C(n5nc(Nc6cc(N7CCC7)nc(Oc7ccc8[nH]c(C)cc8c7F)n6)cc5C)C4)n3)ccc2[nH]1. The number of hydrogen-bond acceptors (Lipinski definition) is 13. The topological polar surface area (TPSA) is 182 Å². The summed E-state index contributed by atoms with van der Waals surface area (Å²) < 4.78 is 87.7. The molecular formula is C45H44F5N15O2. The van der Waals surface area contributed by atoms with E-state index in [-0.39, 0.29) is 54.8 Å². The van der Waals surface area contributed by atoms with Gasteiger partial charge >= 0.3 is 18.2 Å². The van der Waals surface area contributed by atoms with Gasteiger partial charge in [0.25, 0.3) is 0 Å². The molecule has 2 saturated heterocycles. The predicted molar refractivity (Wildman–Crippen MR) is 240 cm³/mol. The van der Waals surface area contributed by atoms with Gasteiger partial charge in [0.05, 0.1) is 13.1 Å². The highest BCUT2D eigenvalue weighted by Crippen LogP contribution is 2.40. The normalized spacial score (nSPS) is 16.8. The van der Waals surface area contributed by atoms with Gasteiger partial charge in [-0.1, -0.05) is 0 Å². The number of anilines is 6. The quantitative estimate of drug-likeness (QED) is 0.0691. The molecule has 346 valence electrons. The number of piperazine rings is 1. The van der Waals surface area contributed by atoms with Crippen molar-refractivity contribution in [2.24, 2.45) is 0 Å². The minimum absolute atomic E-state index is 0.00624. The van der Waals surface area contributed by atoms with Gasteiger partial charge in [0.1, 0.15) is 29.4 Å². The van der Waals surface area contributed by atoms with Gasteiger partial charge in [0.15, 0.2) is 34.8 Å². The van der Waals surface area contributed by atoms with Crippen molar-refractivity contribution < 1.29 is 31.4 Å². The Balaban J connectivity index is 0.899. The zero-order valence-electron chi connectivity index (χ0n) is 36.5. The molecule has 11 rings (SSSR count). The molecule has 3 fully saturated rings. The van der Waals surface area contributed by atoms with E-state index in [1.807, 2.05) is 29.7 Å². The molecule has 1 unspecified atom stereocenters. The molecule has 67 heavy (non-hydrogen) atoms. The van der Waals surface area contributed by atoms with Crippen LogP contribution < -0.4 is 29.9 Å². The smallest absolute Gasteiger partial charge is 0.401 e. The number of nitrogens with one attached hydrogen (secondary N) is 5. The highest BCUT2D eigenvalue weighted by atomic mass is 19.4. The molecule has 2 aliphatic heterocycles. The van der Waals surface area contributed by atoms with E-state index in [0.29, 0.717) is 56.7 Å². The Labute approximate surface area is 378 Å². The summed E-state index contributed by atoms with van der Waals surface area (Å²) in [6.07, 6.45) is -2.37. The molecule has 0 amide bonds. The van der Waals surface area contributed by atoms with E-state index in [0.717, 1.165) is 49.4 Å². The fraction of sp³-hybridized carbons (Fsp3) is 0.333. The number of halogens is 5. The van der Waals surface area contributed by atoms with Crippen molar-refractivity contribution >= 4 is 56.7 Å². The van der Waals surface area contributed by atoms with E-state index in [1.54, 1.807) is 49.4 Å². The van der Waals surface area contributed by atoms with Gasteiger partial charge in [-0.05, 0) is 76.4 Å². The number of ether oxygens (including phenoxy) is 2. The van der Waals surface area contributed by atoms with Crippen molar-refractivity contribution in [3.8, 4) is 23.5 Å². The van der Waals surface area contributed by atoms with Gasteiger partial charge in [0.2, 0.25) is 0 Å². The molecule has 1 saturated carbocycles. The van der Waals surface area contributed by atoms with E-state index < -0.39 is 30.5 Å². The molecule has 8 aromatic rings. The summed E-state index contributed by atoms with van der Waals surface area (Å²) in [6.45, 7) is 5.84. The number of fused-ring (bicyclic) bond motifs is 2. The highest BCUT2D eigenvalue weighted by Gasteiger charge is 2.39. The predicted octanol–water partition coefficient (Wildman–Crippen LogP) is 9.39. The van der Waals surface area contributed by atoms with Gasteiger partial charge in [-0.25, -0.2) is 13.5 Å². The summed E-state index contributed by atoms with van der Waals surface area (Å²) >= 11 is 0. The van der Waals surface area contributed by atoms with Crippen LogP contribution in [0.2, 0.25) is 0 Å². The lowest BCUT2D eigenvalue weighted by Gasteiger charge is -2.42. The van der Waals surface area contributed by atoms with Crippen molar-refractivity contribution in [3.05, 3.63) is 95.1 Å². The summed E-state index contributed by atoms with van der Waals surface area (Å²) in [5.74, 6) is 1.29. The van der Waals surface area contributed by atoms with Crippen LogP contribution in [0.5, 0.6) is 23.5 Å². The maximum absolute atomic E-state index is 15.8. The molecule has 1 aliphatic carbocycles. The number of aromatic amines is 3. The second kappa shape index (κ2) is 16.4. The van der Waals surface area contributed by atoms with E-state index in [1.165, 1.54) is 21.7 Å². The van der Waals surface area contributed by atoms with Crippen molar-refractivity contribution in [2.45, 2.75) is 58.3 Å². The molecule has 22 heteroatoms. The molecule has 0 radical (unpaired) electrons. The number of hydrogen-bond donors (Lipinski definition) is 5.